The van der Waals surface area contributed by atoms with Crippen molar-refractivity contribution in [2.45, 2.75) is 45.4 Å². The number of nitrogens with one attached hydrogen (secondary N) is 1. The van der Waals surface area contributed by atoms with Crippen LogP contribution in [0, 0.1) is 17.8 Å². The Hall–Kier alpha value is -0.810. The normalized spacial score (nSPS) is 25.3. The monoisotopic (exact) mass is 357 g/mol. The Labute approximate surface area is 151 Å². The lowest BCUT2D eigenvalue weighted by Crippen LogP contribution is -2.48. The molecule has 6 heteroatoms. The Kier molecular flexibility index (Phi) is 7.35. The molecule has 2 saturated heterocycles. The van der Waals surface area contributed by atoms with E-state index in [2.05, 4.69) is 17.1 Å². The SMILES string of the molecule is CC1CCCN(C(=O)C2CCN(C(=O)CNCC3CC3)CC2)C1.Cl. The molecule has 0 spiro atoms. The number of rotatable bonds is 5. The summed E-state index contributed by atoms with van der Waals surface area (Å²) in [4.78, 5) is 28.8. The van der Waals surface area contributed by atoms with Crippen molar-refractivity contribution in [1.82, 2.24) is 15.1 Å². The first-order valence-corrected chi connectivity index (χ1v) is 9.40. The zero-order valence-corrected chi connectivity index (χ0v) is 15.7. The molecule has 1 N–H and O–H groups in total. The molecule has 3 aliphatic rings. The fraction of sp³-hybridized carbons (Fsp3) is 0.889. The van der Waals surface area contributed by atoms with Crippen molar-refractivity contribution in [1.29, 1.82) is 0 Å². The molecule has 0 aromatic carbocycles. The number of carbonyl (C=O) groups excluding carboxylic acids is 2. The second kappa shape index (κ2) is 9.04. The molecule has 24 heavy (non-hydrogen) atoms. The maximum atomic E-state index is 12.6. The van der Waals surface area contributed by atoms with Gasteiger partial charge in [-0.05, 0) is 56.9 Å². The first-order chi connectivity index (χ1) is 11.1. The quantitative estimate of drug-likeness (QED) is 0.817. The zero-order valence-electron chi connectivity index (χ0n) is 14.8. The molecule has 3 fully saturated rings. The molecule has 1 aliphatic carbocycles. The van der Waals surface area contributed by atoms with Gasteiger partial charge in [-0.25, -0.2) is 0 Å². The largest absolute Gasteiger partial charge is 0.342 e. The molecular formula is C18H32ClN3O2. The molecule has 3 rings (SSSR count). The van der Waals surface area contributed by atoms with Gasteiger partial charge in [0.25, 0.3) is 0 Å². The number of carbonyl (C=O) groups is 2. The predicted octanol–water partition coefficient (Wildman–Crippen LogP) is 1.90. The van der Waals surface area contributed by atoms with E-state index in [1.54, 1.807) is 0 Å². The van der Waals surface area contributed by atoms with Crippen LogP contribution in [0.2, 0.25) is 0 Å². The Balaban J connectivity index is 0.00000208. The predicted molar refractivity (Wildman–Crippen MR) is 97.1 cm³/mol. The van der Waals surface area contributed by atoms with Gasteiger partial charge in [-0.2, -0.15) is 0 Å². The number of halogens is 1. The van der Waals surface area contributed by atoms with Crippen LogP contribution in [0.5, 0.6) is 0 Å². The van der Waals surface area contributed by atoms with E-state index in [9.17, 15) is 9.59 Å². The Bertz CT molecular complexity index is 434. The molecule has 0 aromatic heterocycles. The highest BCUT2D eigenvalue weighted by atomic mass is 35.5. The van der Waals surface area contributed by atoms with Crippen LogP contribution in [0.4, 0.5) is 0 Å². The summed E-state index contributed by atoms with van der Waals surface area (Å²) in [6.45, 7) is 6.99. The van der Waals surface area contributed by atoms with Crippen LogP contribution in [-0.4, -0.2) is 60.9 Å². The number of piperidine rings is 2. The number of amides is 2. The number of likely N-dealkylation sites (tertiary alicyclic amines) is 2. The Morgan fingerprint density at radius 2 is 1.71 bits per heavy atom. The van der Waals surface area contributed by atoms with Crippen LogP contribution in [0.25, 0.3) is 0 Å². The summed E-state index contributed by atoms with van der Waals surface area (Å²) in [5.41, 5.74) is 0. The number of nitrogens with zero attached hydrogens (tertiary/aromatic N) is 2. The highest BCUT2D eigenvalue weighted by molar-refractivity contribution is 5.85. The molecule has 5 nitrogen and oxygen atoms in total. The van der Waals surface area contributed by atoms with Crippen molar-refractivity contribution >= 4 is 24.2 Å². The summed E-state index contributed by atoms with van der Waals surface area (Å²) >= 11 is 0. The van der Waals surface area contributed by atoms with E-state index in [0.717, 1.165) is 57.9 Å². The smallest absolute Gasteiger partial charge is 0.236 e. The van der Waals surface area contributed by atoms with Crippen molar-refractivity contribution in [2.24, 2.45) is 17.8 Å². The third-order valence-electron chi connectivity index (χ3n) is 5.57. The standard InChI is InChI=1S/C18H31N3O2.ClH/c1-14-3-2-8-21(13-14)18(23)16-6-9-20(10-7-16)17(22)12-19-11-15-4-5-15;/h14-16,19H,2-13H2,1H3;1H. The van der Waals surface area contributed by atoms with Crippen LogP contribution in [0.15, 0.2) is 0 Å². The highest BCUT2D eigenvalue weighted by Crippen LogP contribution is 2.27. The summed E-state index contributed by atoms with van der Waals surface area (Å²) in [5.74, 6) is 2.09. The minimum Gasteiger partial charge on any atom is -0.342 e. The zero-order chi connectivity index (χ0) is 16.2. The van der Waals surface area contributed by atoms with Gasteiger partial charge in [0.1, 0.15) is 0 Å². The van der Waals surface area contributed by atoms with Crippen molar-refractivity contribution < 1.29 is 9.59 Å². The summed E-state index contributed by atoms with van der Waals surface area (Å²) in [6.07, 6.45) is 6.66. The third kappa shape index (κ3) is 5.35. The first-order valence-electron chi connectivity index (χ1n) is 9.40. The van der Waals surface area contributed by atoms with Crippen LogP contribution in [0.1, 0.15) is 45.4 Å². The van der Waals surface area contributed by atoms with Gasteiger partial charge in [0.15, 0.2) is 0 Å². The van der Waals surface area contributed by atoms with Gasteiger partial charge in [-0.1, -0.05) is 6.92 Å². The second-order valence-corrected chi connectivity index (χ2v) is 7.76. The molecule has 1 unspecified atom stereocenters. The molecular weight excluding hydrogens is 326 g/mol. The van der Waals surface area contributed by atoms with Crippen molar-refractivity contribution in [3.05, 3.63) is 0 Å². The van der Waals surface area contributed by atoms with Crippen LogP contribution < -0.4 is 5.32 Å². The summed E-state index contributed by atoms with van der Waals surface area (Å²) in [5, 5.41) is 3.27. The van der Waals surface area contributed by atoms with Gasteiger partial charge in [0.2, 0.25) is 11.8 Å². The van der Waals surface area contributed by atoms with E-state index in [-0.39, 0.29) is 24.2 Å². The van der Waals surface area contributed by atoms with E-state index in [4.69, 9.17) is 0 Å². The number of hydrogen-bond acceptors (Lipinski definition) is 3. The fourth-order valence-corrected chi connectivity index (χ4v) is 3.84. The molecule has 138 valence electrons. The van der Waals surface area contributed by atoms with E-state index in [1.165, 1.54) is 19.3 Å². The van der Waals surface area contributed by atoms with Crippen molar-refractivity contribution in [3.63, 3.8) is 0 Å². The first kappa shape index (κ1) is 19.5. The Morgan fingerprint density at radius 1 is 1.00 bits per heavy atom. The highest BCUT2D eigenvalue weighted by Gasteiger charge is 2.31. The van der Waals surface area contributed by atoms with Crippen molar-refractivity contribution in [3.8, 4) is 0 Å². The minimum absolute atomic E-state index is 0. The molecule has 2 heterocycles. The average Bonchev–Trinajstić information content (AvgIpc) is 3.38. The van der Waals surface area contributed by atoms with Crippen LogP contribution in [0.3, 0.4) is 0 Å². The lowest BCUT2D eigenvalue weighted by molar-refractivity contribution is -0.141. The summed E-state index contributed by atoms with van der Waals surface area (Å²) in [6, 6.07) is 0. The average molecular weight is 358 g/mol. The second-order valence-electron chi connectivity index (χ2n) is 7.76. The summed E-state index contributed by atoms with van der Waals surface area (Å²) in [7, 11) is 0. The summed E-state index contributed by atoms with van der Waals surface area (Å²) < 4.78 is 0. The van der Waals surface area contributed by atoms with E-state index in [0.29, 0.717) is 18.4 Å². The van der Waals surface area contributed by atoms with Gasteiger partial charge < -0.3 is 15.1 Å². The van der Waals surface area contributed by atoms with Crippen LogP contribution >= 0.6 is 12.4 Å². The maximum Gasteiger partial charge on any atom is 0.236 e. The molecule has 0 bridgehead atoms. The van der Waals surface area contributed by atoms with E-state index in [1.807, 2.05) is 4.90 Å². The van der Waals surface area contributed by atoms with Gasteiger partial charge in [0, 0.05) is 32.1 Å². The van der Waals surface area contributed by atoms with Gasteiger partial charge in [-0.3, -0.25) is 9.59 Å². The topological polar surface area (TPSA) is 52.7 Å². The Morgan fingerprint density at radius 3 is 2.33 bits per heavy atom. The van der Waals surface area contributed by atoms with Gasteiger partial charge in [0.05, 0.1) is 6.54 Å². The van der Waals surface area contributed by atoms with E-state index >= 15 is 0 Å². The molecule has 1 atom stereocenters. The lowest BCUT2D eigenvalue weighted by Gasteiger charge is -2.37. The minimum atomic E-state index is 0. The molecule has 2 amide bonds. The number of hydrogen-bond donors (Lipinski definition) is 1. The lowest BCUT2D eigenvalue weighted by atomic mass is 9.92. The molecule has 2 aliphatic heterocycles. The fourth-order valence-electron chi connectivity index (χ4n) is 3.84. The van der Waals surface area contributed by atoms with Crippen molar-refractivity contribution in [2.75, 3.05) is 39.3 Å². The van der Waals surface area contributed by atoms with Gasteiger partial charge >= 0.3 is 0 Å². The maximum absolute atomic E-state index is 12.6. The third-order valence-corrected chi connectivity index (χ3v) is 5.57. The van der Waals surface area contributed by atoms with E-state index < -0.39 is 0 Å². The van der Waals surface area contributed by atoms with Crippen LogP contribution in [-0.2, 0) is 9.59 Å². The van der Waals surface area contributed by atoms with Gasteiger partial charge in [-0.15, -0.1) is 12.4 Å². The molecule has 0 aromatic rings. The molecule has 0 radical (unpaired) electrons. The molecule has 1 saturated carbocycles.